The summed E-state index contributed by atoms with van der Waals surface area (Å²) >= 11 is 4.19. The summed E-state index contributed by atoms with van der Waals surface area (Å²) in [5.41, 5.74) is 22.6. The molecule has 568 valence electrons. The van der Waals surface area contributed by atoms with E-state index in [2.05, 4.69) is 86.7 Å². The zero-order valence-corrected chi connectivity index (χ0v) is 57.8. The Labute approximate surface area is 596 Å². The molecule has 0 radical (unpaired) electrons. The molecule has 2 aromatic carbocycles. The van der Waals surface area contributed by atoms with Crippen molar-refractivity contribution in [2.45, 2.75) is 158 Å². The molecule has 2 aromatic rings. The Balaban J connectivity index is 1.61. The minimum absolute atomic E-state index is 0.0194. The molecule has 40 nitrogen and oxygen atoms in total. The van der Waals surface area contributed by atoms with E-state index < -0.39 is 212 Å². The number of rotatable bonds is 43. The number of nitrogens with one attached hydrogen (secondary N) is 13. The lowest BCUT2D eigenvalue weighted by atomic mass is 10.0. The number of carboxylic acids is 1. The summed E-state index contributed by atoms with van der Waals surface area (Å²) in [4.78, 5) is 215. The van der Waals surface area contributed by atoms with E-state index >= 15 is 0 Å². The number of hydrogen-bond acceptors (Lipinski definition) is 23. The average Bonchev–Trinajstić information content (AvgIpc) is 1.80. The number of aliphatic imine (C=N–C) groups is 1. The number of aliphatic hydroxyl groups excluding tert-OH is 3. The Morgan fingerprint density at radius 1 is 0.534 bits per heavy atom. The van der Waals surface area contributed by atoms with Gasteiger partial charge in [0.2, 0.25) is 88.6 Å². The Kier molecular flexibility index (Phi) is 36.7. The highest BCUT2D eigenvalue weighted by Gasteiger charge is 2.37. The number of benzene rings is 2. The van der Waals surface area contributed by atoms with E-state index in [-0.39, 0.29) is 69.1 Å². The van der Waals surface area contributed by atoms with Gasteiger partial charge in [0.25, 0.3) is 0 Å². The molecule has 1 fully saturated rings. The van der Waals surface area contributed by atoms with Crippen LogP contribution in [0.5, 0.6) is 5.75 Å². The predicted molar refractivity (Wildman–Crippen MR) is 366 cm³/mol. The first-order chi connectivity index (χ1) is 48.5. The lowest BCUT2D eigenvalue weighted by Gasteiger charge is -2.27. The summed E-state index contributed by atoms with van der Waals surface area (Å²) in [7, 11) is 0. The van der Waals surface area contributed by atoms with Gasteiger partial charge in [-0.05, 0) is 83.1 Å². The number of nitrogens with zero attached hydrogens (tertiary/aromatic N) is 2. The standard InChI is InChI=1S/C62H93N19O21S/c1-30(73-60(100)50(33(4)84)79-47(89)26-70-59(99)49(32(3)83)80-57(97)41(22-34-10-6-5-7-11-34)77-56(96)39(18-19-44(64)86)74-46(88)25-69-53(93)37(63)28-82)51(91)68-24-45(87)72-31(2)52(92)78-42(29-103)58(98)75-38(12-8-20-67-62(65)66)55(95)76-40(23-35-14-16-36(85)17-15-35)54(94)71-27-48(90)81-21-9-13-43(81)61(101)102/h5-7,10-11,14-17,30-33,37-43,49-50,82-85,103H,8-9,12-13,18-29,63H2,1-4H3,(H2,64,86)(H,68,91)(H,69,93)(H,70,99)(H,71,94)(H,72,87)(H,73,100)(H,74,88)(H,75,98)(H,76,95)(H,77,96)(H,78,92)(H,79,89)(H,80,97)(H,101,102)(H4,65,66,67)/t30-,31-,32+,33+,37-,38-,39-,40-,41-,42-,43-,49-,50-/m0/s1. The van der Waals surface area contributed by atoms with E-state index in [1.165, 1.54) is 38.1 Å². The molecule has 0 bridgehead atoms. The number of hydrogen-bond donors (Lipinski definition) is 23. The number of amides is 15. The number of carboxylic acid groups (broad SMARTS) is 1. The molecule has 1 aliphatic rings. The molecular formula is C62H93N19O21S. The van der Waals surface area contributed by atoms with Crippen LogP contribution in [0.15, 0.2) is 59.6 Å². The van der Waals surface area contributed by atoms with Crippen LogP contribution in [0.3, 0.4) is 0 Å². The molecule has 103 heavy (non-hydrogen) atoms. The first-order valence-electron chi connectivity index (χ1n) is 32.4. The van der Waals surface area contributed by atoms with Crippen molar-refractivity contribution < 1.29 is 102 Å². The number of phenolic OH excluding ortho intramolecular Hbond substituents is 1. The average molecular weight is 1470 g/mol. The minimum atomic E-state index is -1.83. The van der Waals surface area contributed by atoms with Gasteiger partial charge in [-0.15, -0.1) is 0 Å². The maximum Gasteiger partial charge on any atom is 0.326 e. The van der Waals surface area contributed by atoms with Gasteiger partial charge in [-0.1, -0.05) is 42.5 Å². The normalized spacial score (nSPS) is 15.9. The van der Waals surface area contributed by atoms with Crippen molar-refractivity contribution in [1.29, 1.82) is 0 Å². The molecule has 15 amide bonds. The van der Waals surface area contributed by atoms with Crippen LogP contribution in [0.25, 0.3) is 0 Å². The van der Waals surface area contributed by atoms with Crippen molar-refractivity contribution in [3.8, 4) is 5.75 Å². The van der Waals surface area contributed by atoms with Crippen molar-refractivity contribution in [3.05, 3.63) is 65.7 Å². The maximum absolute atomic E-state index is 14.1. The highest BCUT2D eigenvalue weighted by molar-refractivity contribution is 7.80. The van der Waals surface area contributed by atoms with Crippen molar-refractivity contribution in [1.82, 2.24) is 74.0 Å². The fourth-order valence-corrected chi connectivity index (χ4v) is 9.98. The molecule has 0 unspecified atom stereocenters. The third-order valence-electron chi connectivity index (χ3n) is 15.4. The number of carbonyl (C=O) groups is 16. The number of aromatic hydroxyl groups is 1. The van der Waals surface area contributed by atoms with Crippen molar-refractivity contribution in [3.63, 3.8) is 0 Å². The smallest absolute Gasteiger partial charge is 0.326 e. The van der Waals surface area contributed by atoms with Gasteiger partial charge >= 0.3 is 5.97 Å². The topological polar surface area (TPSA) is 650 Å². The monoisotopic (exact) mass is 1470 g/mol. The van der Waals surface area contributed by atoms with Crippen molar-refractivity contribution in [2.24, 2.45) is 27.9 Å². The number of primary amides is 1. The zero-order chi connectivity index (χ0) is 77.2. The molecule has 1 aliphatic heterocycles. The predicted octanol–water partition coefficient (Wildman–Crippen LogP) is -10.5. The van der Waals surface area contributed by atoms with Crippen molar-refractivity contribution in [2.75, 3.05) is 51.6 Å². The van der Waals surface area contributed by atoms with Crippen LogP contribution >= 0.6 is 12.6 Å². The molecule has 0 aliphatic carbocycles. The highest BCUT2D eigenvalue weighted by atomic mass is 32.1. The van der Waals surface area contributed by atoms with Gasteiger partial charge in [0.05, 0.1) is 45.0 Å². The summed E-state index contributed by atoms with van der Waals surface area (Å²) in [6, 6.07) is -2.74. The van der Waals surface area contributed by atoms with Crippen LogP contribution in [-0.2, 0) is 89.6 Å². The number of aliphatic hydroxyl groups is 3. The minimum Gasteiger partial charge on any atom is -0.508 e. The van der Waals surface area contributed by atoms with Crippen LogP contribution < -0.4 is 92.1 Å². The van der Waals surface area contributed by atoms with Crippen LogP contribution in [0.4, 0.5) is 0 Å². The quantitative estimate of drug-likeness (QED) is 0.0127. The van der Waals surface area contributed by atoms with E-state index in [0.717, 1.165) is 18.7 Å². The van der Waals surface area contributed by atoms with Gasteiger partial charge in [-0.3, -0.25) is 76.9 Å². The van der Waals surface area contributed by atoms with E-state index in [0.29, 0.717) is 17.5 Å². The second kappa shape index (κ2) is 43.8. The first kappa shape index (κ1) is 86.4. The fourth-order valence-electron chi connectivity index (χ4n) is 9.72. The number of phenols is 1. The van der Waals surface area contributed by atoms with Crippen LogP contribution in [-0.4, -0.2) is 261 Å². The fraction of sp³-hybridized carbons (Fsp3) is 0.532. The van der Waals surface area contributed by atoms with Crippen LogP contribution in [0.2, 0.25) is 0 Å². The molecule has 1 saturated heterocycles. The van der Waals surface area contributed by atoms with Crippen molar-refractivity contribution >= 4 is 113 Å². The molecule has 13 atom stereocenters. The summed E-state index contributed by atoms with van der Waals surface area (Å²) in [5.74, 6) is -16.5. The van der Waals surface area contributed by atoms with Gasteiger partial charge < -0.3 is 122 Å². The molecule has 3 rings (SSSR count). The third kappa shape index (κ3) is 30.9. The molecule has 41 heteroatoms. The number of guanidine groups is 1. The molecule has 0 aromatic heterocycles. The second-order valence-corrected chi connectivity index (χ2v) is 24.2. The van der Waals surface area contributed by atoms with Gasteiger partial charge in [0.1, 0.15) is 72.2 Å². The second-order valence-electron chi connectivity index (χ2n) is 23.8. The maximum atomic E-state index is 14.1. The third-order valence-corrected chi connectivity index (χ3v) is 15.8. The summed E-state index contributed by atoms with van der Waals surface area (Å²) < 4.78 is 0. The van der Waals surface area contributed by atoms with Gasteiger partial charge in [-0.25, -0.2) is 4.79 Å². The lowest BCUT2D eigenvalue weighted by Crippen LogP contribution is -2.60. The molecular weight excluding hydrogens is 1380 g/mol. The van der Waals surface area contributed by atoms with Gasteiger partial charge in [0.15, 0.2) is 5.96 Å². The van der Waals surface area contributed by atoms with E-state index in [9.17, 15) is 97.1 Å². The summed E-state index contributed by atoms with van der Waals surface area (Å²) in [6.07, 6.45) is -4.04. The largest absolute Gasteiger partial charge is 0.508 e. The van der Waals surface area contributed by atoms with Gasteiger partial charge in [0, 0.05) is 38.1 Å². The summed E-state index contributed by atoms with van der Waals surface area (Å²) in [6.45, 7) is 0.882. The molecule has 0 saturated carbocycles. The Morgan fingerprint density at radius 2 is 1.01 bits per heavy atom. The SMILES string of the molecule is C[C@H](NC(=O)CNC(=O)[C@H](C)NC(=O)[C@@H](NC(=O)CNC(=O)[C@@H](NC(=O)[C@H](Cc1ccccc1)NC(=O)[C@H](CCC(N)=O)NC(=O)CNC(=O)[C@@H](N)CO)[C@@H](C)O)[C@@H](C)O)C(=O)N[C@@H](CS)C(=O)N[C@@H](CCCN=C(N)N)C(=O)N[C@@H](Cc1ccc(O)cc1)C(=O)NCC(=O)N1CCC[C@H]1C(=O)O. The number of thiol groups is 1. The molecule has 1 heterocycles. The van der Waals surface area contributed by atoms with Crippen LogP contribution in [0, 0.1) is 0 Å². The Bertz CT molecular complexity index is 3350. The summed E-state index contributed by atoms with van der Waals surface area (Å²) in [5, 5.41) is 80.0. The highest BCUT2D eigenvalue weighted by Crippen LogP contribution is 2.18. The first-order valence-corrected chi connectivity index (χ1v) is 33.0. The Morgan fingerprint density at radius 3 is 1.56 bits per heavy atom. The number of likely N-dealkylation sites (tertiary alicyclic amines) is 1. The Hall–Kier alpha value is -10.8. The number of nitrogens with two attached hydrogens (primary N) is 4. The molecule has 0 spiro atoms. The van der Waals surface area contributed by atoms with E-state index in [4.69, 9.17) is 28.0 Å². The zero-order valence-electron chi connectivity index (χ0n) is 56.9. The lowest BCUT2D eigenvalue weighted by molar-refractivity contribution is -0.148. The van der Waals surface area contributed by atoms with E-state index in [1.807, 2.05) is 0 Å². The van der Waals surface area contributed by atoms with Gasteiger partial charge in [-0.2, -0.15) is 12.6 Å². The number of carbonyl (C=O) groups excluding carboxylic acids is 15. The number of aliphatic carboxylic acids is 1. The molecule has 26 N–H and O–H groups in total. The van der Waals surface area contributed by atoms with Crippen LogP contribution in [0.1, 0.15) is 77.3 Å². The van der Waals surface area contributed by atoms with E-state index in [1.54, 1.807) is 30.3 Å².